The van der Waals surface area contributed by atoms with E-state index in [9.17, 15) is 0 Å². The monoisotopic (exact) mass is 416 g/mol. The van der Waals surface area contributed by atoms with Gasteiger partial charge in [-0.05, 0) is 31.4 Å². The van der Waals surface area contributed by atoms with E-state index in [4.69, 9.17) is 9.47 Å². The van der Waals surface area contributed by atoms with Crippen molar-refractivity contribution >= 4 is 16.9 Å². The Kier molecular flexibility index (Phi) is 6.21. The molecule has 1 saturated heterocycles. The summed E-state index contributed by atoms with van der Waals surface area (Å²) in [7, 11) is 3.23. The Balaban J connectivity index is 1.63. The van der Waals surface area contributed by atoms with Crippen LogP contribution in [-0.4, -0.2) is 60.1 Å². The van der Waals surface area contributed by atoms with Crippen molar-refractivity contribution in [3.05, 3.63) is 35.8 Å². The topological polar surface area (TPSA) is 88.2 Å². The van der Waals surface area contributed by atoms with E-state index in [1.165, 1.54) is 0 Å². The third-order valence-corrected chi connectivity index (χ3v) is 5.16. The molecule has 1 aliphatic heterocycles. The minimum atomic E-state index is 0.372. The highest BCUT2D eigenvalue weighted by Crippen LogP contribution is 2.27. The van der Waals surface area contributed by atoms with E-state index in [2.05, 4.69) is 54.1 Å². The number of nitrogens with one attached hydrogen (secondary N) is 2. The van der Waals surface area contributed by atoms with Gasteiger partial charge in [0.05, 0.1) is 26.2 Å². The van der Waals surface area contributed by atoms with Gasteiger partial charge in [-0.25, -0.2) is 9.97 Å². The van der Waals surface area contributed by atoms with Crippen LogP contribution >= 0.6 is 0 Å². The number of H-pyrrole nitrogens is 1. The molecule has 0 spiro atoms. The highest BCUT2D eigenvalue weighted by Gasteiger charge is 2.26. The highest BCUT2D eigenvalue weighted by molar-refractivity contribution is 5.91. The molecule has 0 bridgehead atoms. The molecule has 0 radical (unpaired) electrons. The van der Waals surface area contributed by atoms with Crippen LogP contribution < -0.4 is 19.7 Å². The molecule has 0 saturated carbocycles. The molecule has 3 aromatic rings. The van der Waals surface area contributed by atoms with E-state index in [0.717, 1.165) is 36.3 Å². The lowest BCUT2D eigenvalue weighted by atomic mass is 10.2. The summed E-state index contributed by atoms with van der Waals surface area (Å²) in [6, 6.07) is 5.90. The first-order chi connectivity index (χ1) is 15.2. The second-order valence-electron chi connectivity index (χ2n) is 7.08. The van der Waals surface area contributed by atoms with Gasteiger partial charge in [-0.1, -0.05) is 11.8 Å². The van der Waals surface area contributed by atoms with E-state index in [1.54, 1.807) is 20.5 Å². The highest BCUT2D eigenvalue weighted by atomic mass is 16.5. The summed E-state index contributed by atoms with van der Waals surface area (Å²) >= 11 is 0. The Labute approximate surface area is 181 Å². The van der Waals surface area contributed by atoms with Gasteiger partial charge in [0.1, 0.15) is 29.3 Å². The van der Waals surface area contributed by atoms with Crippen molar-refractivity contribution in [2.75, 3.05) is 38.8 Å². The number of fused-ring (bicyclic) bond motifs is 1. The van der Waals surface area contributed by atoms with Gasteiger partial charge in [-0.3, -0.25) is 5.10 Å². The molecule has 0 amide bonds. The maximum atomic E-state index is 5.33. The second kappa shape index (κ2) is 9.38. The number of anilines is 1. The average Bonchev–Trinajstić information content (AvgIpc) is 3.44. The lowest BCUT2D eigenvalue weighted by Gasteiger charge is -2.18. The summed E-state index contributed by atoms with van der Waals surface area (Å²) in [5.41, 5.74) is 2.06. The van der Waals surface area contributed by atoms with Crippen LogP contribution in [0.3, 0.4) is 0 Å². The molecule has 31 heavy (non-hydrogen) atoms. The van der Waals surface area contributed by atoms with Crippen molar-refractivity contribution in [1.29, 1.82) is 0 Å². The first-order valence-corrected chi connectivity index (χ1v) is 10.0. The van der Waals surface area contributed by atoms with Gasteiger partial charge in [0.2, 0.25) is 0 Å². The van der Waals surface area contributed by atoms with Gasteiger partial charge in [0.15, 0.2) is 5.65 Å². The lowest BCUT2D eigenvalue weighted by Crippen LogP contribution is -2.33. The second-order valence-corrected chi connectivity index (χ2v) is 7.08. The molecule has 1 unspecified atom stereocenters. The predicted molar refractivity (Wildman–Crippen MR) is 119 cm³/mol. The van der Waals surface area contributed by atoms with Crippen molar-refractivity contribution in [3.8, 4) is 35.2 Å². The smallest absolute Gasteiger partial charge is 0.162 e. The maximum Gasteiger partial charge on any atom is 0.162 e. The minimum Gasteiger partial charge on any atom is -0.497 e. The summed E-state index contributed by atoms with van der Waals surface area (Å²) in [5, 5.41) is 11.7. The lowest BCUT2D eigenvalue weighted by molar-refractivity contribution is 0.394. The number of aromatic amines is 1. The molecule has 1 aliphatic rings. The molecule has 1 fully saturated rings. The molecular formula is C23H24N6O2. The van der Waals surface area contributed by atoms with Gasteiger partial charge in [0, 0.05) is 30.8 Å². The van der Waals surface area contributed by atoms with Gasteiger partial charge < -0.3 is 19.7 Å². The van der Waals surface area contributed by atoms with Gasteiger partial charge >= 0.3 is 0 Å². The fourth-order valence-corrected chi connectivity index (χ4v) is 3.59. The fraction of sp³-hybridized carbons (Fsp3) is 0.348. The standard InChI is InChI=1S/C23H24N6O2/c1-4-5-9-24-17-8-10-29(14-17)23-21-20(27-28-22(21)25-15-26-23)7-6-16-11-18(30-2)13-19(12-16)31-3/h11-13,15,17,24H,8-10,14H2,1-3H3,(H,25,26,27,28). The summed E-state index contributed by atoms with van der Waals surface area (Å²) in [6.45, 7) is 4.29. The van der Waals surface area contributed by atoms with Crippen molar-refractivity contribution in [2.24, 2.45) is 0 Å². The molecule has 2 aromatic heterocycles. The molecule has 3 heterocycles. The SMILES string of the molecule is CC#CCNC1CCN(c2ncnc3[nH]nc(C#Cc4cc(OC)cc(OC)c4)c23)C1. The Morgan fingerprint density at radius 2 is 1.97 bits per heavy atom. The third-order valence-electron chi connectivity index (χ3n) is 5.16. The largest absolute Gasteiger partial charge is 0.497 e. The molecule has 8 heteroatoms. The summed E-state index contributed by atoms with van der Waals surface area (Å²) in [4.78, 5) is 11.1. The van der Waals surface area contributed by atoms with E-state index in [1.807, 2.05) is 25.1 Å². The van der Waals surface area contributed by atoms with Crippen LogP contribution in [-0.2, 0) is 0 Å². The molecular weight excluding hydrogens is 392 g/mol. The van der Waals surface area contributed by atoms with E-state index < -0.39 is 0 Å². The van der Waals surface area contributed by atoms with Crippen molar-refractivity contribution in [3.63, 3.8) is 0 Å². The number of methoxy groups -OCH3 is 2. The number of rotatable bonds is 5. The third kappa shape index (κ3) is 4.55. The molecule has 0 aliphatic carbocycles. The zero-order valence-corrected chi connectivity index (χ0v) is 17.8. The van der Waals surface area contributed by atoms with Crippen LogP contribution in [0.1, 0.15) is 24.6 Å². The van der Waals surface area contributed by atoms with E-state index >= 15 is 0 Å². The molecule has 158 valence electrons. The number of nitrogens with zero attached hydrogens (tertiary/aromatic N) is 4. The number of benzene rings is 1. The van der Waals surface area contributed by atoms with Crippen molar-refractivity contribution < 1.29 is 9.47 Å². The quantitative estimate of drug-likeness (QED) is 0.615. The van der Waals surface area contributed by atoms with Crippen LogP contribution in [0.15, 0.2) is 24.5 Å². The molecule has 1 atom stereocenters. The number of ether oxygens (including phenoxy) is 2. The Bertz CT molecular complexity index is 1180. The number of aromatic nitrogens is 4. The summed E-state index contributed by atoms with van der Waals surface area (Å²) in [6.07, 6.45) is 2.59. The molecule has 1 aromatic carbocycles. The minimum absolute atomic E-state index is 0.372. The normalized spacial score (nSPS) is 15.2. The summed E-state index contributed by atoms with van der Waals surface area (Å²) in [5.74, 6) is 14.5. The van der Waals surface area contributed by atoms with Gasteiger partial charge in [-0.15, -0.1) is 5.92 Å². The van der Waals surface area contributed by atoms with Crippen LogP contribution in [0.4, 0.5) is 5.82 Å². The van der Waals surface area contributed by atoms with Crippen LogP contribution in [0.25, 0.3) is 11.0 Å². The first-order valence-electron chi connectivity index (χ1n) is 10.0. The van der Waals surface area contributed by atoms with E-state index in [0.29, 0.717) is 35.4 Å². The van der Waals surface area contributed by atoms with E-state index in [-0.39, 0.29) is 0 Å². The Morgan fingerprint density at radius 3 is 2.71 bits per heavy atom. The molecule has 2 N–H and O–H groups in total. The summed E-state index contributed by atoms with van der Waals surface area (Å²) < 4.78 is 10.7. The van der Waals surface area contributed by atoms with Crippen LogP contribution in [0, 0.1) is 23.7 Å². The van der Waals surface area contributed by atoms with Crippen LogP contribution in [0.2, 0.25) is 0 Å². The zero-order valence-electron chi connectivity index (χ0n) is 17.8. The van der Waals surface area contributed by atoms with Gasteiger partial charge in [-0.2, -0.15) is 5.10 Å². The number of hydrogen-bond acceptors (Lipinski definition) is 7. The Morgan fingerprint density at radius 1 is 1.16 bits per heavy atom. The van der Waals surface area contributed by atoms with Crippen molar-refractivity contribution in [1.82, 2.24) is 25.5 Å². The van der Waals surface area contributed by atoms with Crippen LogP contribution in [0.5, 0.6) is 11.5 Å². The fourth-order valence-electron chi connectivity index (χ4n) is 3.59. The number of hydrogen-bond donors (Lipinski definition) is 2. The Hall–Kier alpha value is -3.75. The van der Waals surface area contributed by atoms with Gasteiger partial charge in [0.25, 0.3) is 0 Å². The zero-order chi connectivity index (χ0) is 21.6. The molecule has 4 rings (SSSR count). The predicted octanol–water partition coefficient (Wildman–Crippen LogP) is 1.96. The maximum absolute atomic E-state index is 5.33. The first kappa shape index (κ1) is 20.5. The molecule has 8 nitrogen and oxygen atoms in total. The average molecular weight is 416 g/mol. The van der Waals surface area contributed by atoms with Crippen molar-refractivity contribution in [2.45, 2.75) is 19.4 Å².